The van der Waals surface area contributed by atoms with Gasteiger partial charge in [-0.15, -0.1) is 0 Å². The zero-order chi connectivity index (χ0) is 9.97. The van der Waals surface area contributed by atoms with Crippen LogP contribution in [0.15, 0.2) is 24.3 Å². The highest BCUT2D eigenvalue weighted by Gasteiger charge is 2.22. The van der Waals surface area contributed by atoms with Gasteiger partial charge in [-0.2, -0.15) is 0 Å². The van der Waals surface area contributed by atoms with Gasteiger partial charge in [0.05, 0.1) is 7.11 Å². The maximum atomic E-state index is 11.0. The minimum Gasteiger partial charge on any atom is -0.497 e. The van der Waals surface area contributed by atoms with E-state index in [1.165, 1.54) is 5.56 Å². The second-order valence-corrected chi connectivity index (χ2v) is 3.48. The first-order valence-electron chi connectivity index (χ1n) is 4.70. The van der Waals surface area contributed by atoms with Gasteiger partial charge >= 0.3 is 0 Å². The Morgan fingerprint density at radius 2 is 2.07 bits per heavy atom. The molecule has 3 nitrogen and oxygen atoms in total. The Balaban J connectivity index is 2.13. The fourth-order valence-corrected chi connectivity index (χ4v) is 1.72. The van der Waals surface area contributed by atoms with Crippen LogP contribution in [0.1, 0.15) is 17.9 Å². The van der Waals surface area contributed by atoms with Gasteiger partial charge in [-0.05, 0) is 17.7 Å². The lowest BCUT2D eigenvalue weighted by molar-refractivity contribution is -0.119. The van der Waals surface area contributed by atoms with Gasteiger partial charge in [0.2, 0.25) is 5.91 Å². The lowest BCUT2D eigenvalue weighted by Crippen LogP contribution is -2.13. The number of carbonyl (C=O) groups is 1. The van der Waals surface area contributed by atoms with Crippen molar-refractivity contribution in [1.82, 2.24) is 5.32 Å². The zero-order valence-corrected chi connectivity index (χ0v) is 8.12. The largest absolute Gasteiger partial charge is 0.497 e. The molecule has 1 saturated heterocycles. The van der Waals surface area contributed by atoms with Crippen LogP contribution in [-0.2, 0) is 4.79 Å². The van der Waals surface area contributed by atoms with Crippen LogP contribution in [0.4, 0.5) is 0 Å². The Bertz CT molecular complexity index is 332. The van der Waals surface area contributed by atoms with Crippen molar-refractivity contribution < 1.29 is 9.53 Å². The number of amides is 1. The molecule has 1 aliphatic rings. The molecular formula is C11H13NO2. The Morgan fingerprint density at radius 3 is 2.57 bits per heavy atom. The third kappa shape index (κ3) is 1.71. The van der Waals surface area contributed by atoms with E-state index in [-0.39, 0.29) is 5.91 Å². The summed E-state index contributed by atoms with van der Waals surface area (Å²) in [6.45, 7) is 0.755. The van der Waals surface area contributed by atoms with Gasteiger partial charge in [0, 0.05) is 18.9 Å². The van der Waals surface area contributed by atoms with Gasteiger partial charge in [0.25, 0.3) is 0 Å². The molecule has 1 aromatic rings. The topological polar surface area (TPSA) is 38.3 Å². The fraction of sp³-hybridized carbons (Fsp3) is 0.364. The monoisotopic (exact) mass is 191 g/mol. The van der Waals surface area contributed by atoms with Crippen molar-refractivity contribution in [3.8, 4) is 5.75 Å². The second-order valence-electron chi connectivity index (χ2n) is 3.48. The van der Waals surface area contributed by atoms with E-state index >= 15 is 0 Å². The molecule has 1 fully saturated rings. The van der Waals surface area contributed by atoms with Crippen LogP contribution in [0.25, 0.3) is 0 Å². The average molecular weight is 191 g/mol. The van der Waals surface area contributed by atoms with Crippen LogP contribution >= 0.6 is 0 Å². The normalized spacial score (nSPS) is 20.6. The molecule has 1 amide bonds. The number of hydrogen-bond acceptors (Lipinski definition) is 2. The number of nitrogens with one attached hydrogen (secondary N) is 1. The van der Waals surface area contributed by atoms with Crippen molar-refractivity contribution in [2.24, 2.45) is 0 Å². The van der Waals surface area contributed by atoms with Crippen LogP contribution < -0.4 is 10.1 Å². The summed E-state index contributed by atoms with van der Waals surface area (Å²) >= 11 is 0. The van der Waals surface area contributed by atoms with Crippen molar-refractivity contribution in [3.05, 3.63) is 29.8 Å². The molecule has 0 saturated carbocycles. The summed E-state index contributed by atoms with van der Waals surface area (Å²) in [7, 11) is 1.65. The first kappa shape index (κ1) is 9.06. The van der Waals surface area contributed by atoms with E-state index in [1.807, 2.05) is 24.3 Å². The third-order valence-electron chi connectivity index (χ3n) is 2.56. The summed E-state index contributed by atoms with van der Waals surface area (Å²) in [5.41, 5.74) is 1.20. The van der Waals surface area contributed by atoms with Crippen molar-refractivity contribution in [2.75, 3.05) is 13.7 Å². The van der Waals surface area contributed by atoms with E-state index < -0.39 is 0 Å². The van der Waals surface area contributed by atoms with Gasteiger partial charge in [0.15, 0.2) is 0 Å². The van der Waals surface area contributed by atoms with Crippen molar-refractivity contribution in [1.29, 1.82) is 0 Å². The maximum absolute atomic E-state index is 11.0. The van der Waals surface area contributed by atoms with Gasteiger partial charge in [-0.3, -0.25) is 4.79 Å². The highest BCUT2D eigenvalue weighted by Crippen LogP contribution is 2.24. The molecule has 1 N–H and O–H groups in total. The third-order valence-corrected chi connectivity index (χ3v) is 2.56. The summed E-state index contributed by atoms with van der Waals surface area (Å²) < 4.78 is 5.07. The van der Waals surface area contributed by atoms with Crippen molar-refractivity contribution in [2.45, 2.75) is 12.3 Å². The van der Waals surface area contributed by atoms with Crippen molar-refractivity contribution in [3.63, 3.8) is 0 Å². The summed E-state index contributed by atoms with van der Waals surface area (Å²) in [4.78, 5) is 11.0. The van der Waals surface area contributed by atoms with Crippen LogP contribution in [0.2, 0.25) is 0 Å². The Hall–Kier alpha value is -1.51. The number of rotatable bonds is 2. The molecule has 0 aromatic heterocycles. The molecule has 74 valence electrons. The molecule has 1 aromatic carbocycles. The minimum absolute atomic E-state index is 0.144. The summed E-state index contributed by atoms with van der Waals surface area (Å²) in [5.74, 6) is 1.32. The lowest BCUT2D eigenvalue weighted by atomic mass is 9.98. The second kappa shape index (κ2) is 3.70. The van der Waals surface area contributed by atoms with Crippen LogP contribution in [-0.4, -0.2) is 19.6 Å². The molecule has 3 heteroatoms. The molecule has 14 heavy (non-hydrogen) atoms. The SMILES string of the molecule is COc1ccc([C@H]2CNC(=O)C2)cc1. The fourth-order valence-electron chi connectivity index (χ4n) is 1.72. The molecule has 1 heterocycles. The van der Waals surface area contributed by atoms with Gasteiger partial charge < -0.3 is 10.1 Å². The summed E-state index contributed by atoms with van der Waals surface area (Å²) in [6, 6.07) is 7.89. The van der Waals surface area contributed by atoms with E-state index in [1.54, 1.807) is 7.11 Å². The zero-order valence-electron chi connectivity index (χ0n) is 8.12. The Kier molecular flexibility index (Phi) is 2.39. The van der Waals surface area contributed by atoms with E-state index in [4.69, 9.17) is 4.74 Å². The standard InChI is InChI=1S/C11H13NO2/c1-14-10-4-2-8(3-5-10)9-6-11(13)12-7-9/h2-5,9H,6-7H2,1H3,(H,12,13)/t9-/m1/s1. The molecule has 0 radical (unpaired) electrons. The molecule has 0 unspecified atom stereocenters. The first-order valence-corrected chi connectivity index (χ1v) is 4.70. The Morgan fingerprint density at radius 1 is 1.36 bits per heavy atom. The summed E-state index contributed by atoms with van der Waals surface area (Å²) in [5, 5.41) is 2.83. The maximum Gasteiger partial charge on any atom is 0.220 e. The minimum atomic E-state index is 0.144. The number of methoxy groups -OCH3 is 1. The predicted molar refractivity (Wildman–Crippen MR) is 53.4 cm³/mol. The van der Waals surface area contributed by atoms with Gasteiger partial charge in [-0.1, -0.05) is 12.1 Å². The summed E-state index contributed by atoms with van der Waals surface area (Å²) in [6.07, 6.45) is 0.604. The van der Waals surface area contributed by atoms with E-state index in [0.29, 0.717) is 12.3 Å². The molecule has 2 rings (SSSR count). The van der Waals surface area contributed by atoms with E-state index in [9.17, 15) is 4.79 Å². The molecule has 0 bridgehead atoms. The molecular weight excluding hydrogens is 178 g/mol. The first-order chi connectivity index (χ1) is 6.79. The molecule has 1 atom stereocenters. The number of hydrogen-bond donors (Lipinski definition) is 1. The number of ether oxygens (including phenoxy) is 1. The lowest BCUT2D eigenvalue weighted by Gasteiger charge is -2.07. The Labute approximate surface area is 83.1 Å². The molecule has 1 aliphatic heterocycles. The van der Waals surface area contributed by atoms with Crippen LogP contribution in [0, 0.1) is 0 Å². The highest BCUT2D eigenvalue weighted by atomic mass is 16.5. The number of carbonyl (C=O) groups excluding carboxylic acids is 1. The van der Waals surface area contributed by atoms with E-state index in [2.05, 4.69) is 5.32 Å². The van der Waals surface area contributed by atoms with Crippen molar-refractivity contribution >= 4 is 5.91 Å². The van der Waals surface area contributed by atoms with Crippen LogP contribution in [0.3, 0.4) is 0 Å². The van der Waals surface area contributed by atoms with E-state index in [0.717, 1.165) is 12.3 Å². The molecule has 0 spiro atoms. The number of benzene rings is 1. The highest BCUT2D eigenvalue weighted by molar-refractivity contribution is 5.79. The van der Waals surface area contributed by atoms with Crippen LogP contribution in [0.5, 0.6) is 5.75 Å². The smallest absolute Gasteiger partial charge is 0.220 e. The predicted octanol–water partition coefficient (Wildman–Crippen LogP) is 1.30. The quantitative estimate of drug-likeness (QED) is 0.765. The molecule has 0 aliphatic carbocycles. The van der Waals surface area contributed by atoms with Gasteiger partial charge in [-0.25, -0.2) is 0 Å². The average Bonchev–Trinajstić information content (AvgIpc) is 2.65. The van der Waals surface area contributed by atoms with Gasteiger partial charge in [0.1, 0.15) is 5.75 Å².